The number of carbonyl (C=O) groups excluding carboxylic acids is 6. The second kappa shape index (κ2) is 50.6. The van der Waals surface area contributed by atoms with Crippen molar-refractivity contribution in [2.75, 3.05) is 37.7 Å². The molecule has 0 heterocycles. The fraction of sp³-hybridized carbons (Fsp3) is 0.512. The van der Waals surface area contributed by atoms with E-state index in [2.05, 4.69) is 224 Å². The number of anilines is 6. The van der Waals surface area contributed by atoms with Gasteiger partial charge in [-0.2, -0.15) is 37.9 Å². The Bertz CT molecular complexity index is 3510. The van der Waals surface area contributed by atoms with Gasteiger partial charge in [0.2, 0.25) is 35.4 Å². The molecule has 0 saturated heterocycles. The molecular formula is C86H127Cl3N6O6S3. The molecule has 6 N–H and O–H groups in total. The topological polar surface area (TPSA) is 175 Å². The van der Waals surface area contributed by atoms with Gasteiger partial charge < -0.3 is 31.9 Å². The Balaban J connectivity index is 0.000000625. The van der Waals surface area contributed by atoms with E-state index in [1.165, 1.54) is 33.4 Å². The highest BCUT2D eigenvalue weighted by molar-refractivity contribution is 7.81. The van der Waals surface area contributed by atoms with Gasteiger partial charge in [-0.25, -0.2) is 0 Å². The van der Waals surface area contributed by atoms with Crippen LogP contribution in [0.1, 0.15) is 291 Å². The van der Waals surface area contributed by atoms with Crippen molar-refractivity contribution in [2.45, 2.75) is 268 Å². The smallest absolute Gasteiger partial charge is 0.224 e. The van der Waals surface area contributed by atoms with Crippen molar-refractivity contribution in [3.63, 3.8) is 0 Å². The van der Waals surface area contributed by atoms with Gasteiger partial charge in [0, 0.05) is 60.3 Å². The van der Waals surface area contributed by atoms with Crippen molar-refractivity contribution < 1.29 is 28.8 Å². The predicted molar refractivity (Wildman–Crippen MR) is 461 cm³/mol. The molecular weight excluding hydrogens is 1420 g/mol. The van der Waals surface area contributed by atoms with E-state index in [4.69, 9.17) is 34.8 Å². The lowest BCUT2D eigenvalue weighted by molar-refractivity contribution is -0.117. The van der Waals surface area contributed by atoms with Crippen LogP contribution in [0.15, 0.2) is 127 Å². The zero-order chi connectivity index (χ0) is 79.0. The molecule has 6 rings (SSSR count). The maximum atomic E-state index is 11.9. The van der Waals surface area contributed by atoms with Crippen LogP contribution in [-0.2, 0) is 28.8 Å². The van der Waals surface area contributed by atoms with Crippen LogP contribution < -0.4 is 31.9 Å². The molecule has 104 heavy (non-hydrogen) atoms. The second-order valence-corrected chi connectivity index (χ2v) is 34.3. The summed E-state index contributed by atoms with van der Waals surface area (Å²) in [6.07, 6.45) is 8.15. The zero-order valence-electron chi connectivity index (χ0n) is 66.4. The number of nitrogens with one attached hydrogen (secondary N) is 6. The second-order valence-electron chi connectivity index (χ2n) is 30.6. The van der Waals surface area contributed by atoms with Gasteiger partial charge >= 0.3 is 0 Å². The van der Waals surface area contributed by atoms with E-state index >= 15 is 0 Å². The van der Waals surface area contributed by atoms with E-state index in [0.29, 0.717) is 112 Å². The number of halogens is 3. The number of rotatable bonds is 28. The highest BCUT2D eigenvalue weighted by atomic mass is 35.5. The molecule has 6 aromatic rings. The molecule has 0 aliphatic heterocycles. The van der Waals surface area contributed by atoms with Gasteiger partial charge in [-0.05, 0) is 203 Å². The van der Waals surface area contributed by atoms with Gasteiger partial charge in [0.05, 0.1) is 32.1 Å². The summed E-state index contributed by atoms with van der Waals surface area (Å²) in [4.78, 5) is 69.8. The van der Waals surface area contributed by atoms with Crippen molar-refractivity contribution in [2.24, 2.45) is 11.3 Å². The van der Waals surface area contributed by atoms with Gasteiger partial charge in [-0.15, -0.1) is 0 Å². The van der Waals surface area contributed by atoms with Crippen LogP contribution >= 0.6 is 72.7 Å². The van der Waals surface area contributed by atoms with Crippen LogP contribution in [0.25, 0.3) is 0 Å². The first kappa shape index (κ1) is 96.1. The lowest BCUT2D eigenvalue weighted by atomic mass is 9.90. The van der Waals surface area contributed by atoms with Crippen LogP contribution in [0.4, 0.5) is 34.1 Å². The normalized spacial score (nSPS) is 11.4. The Morgan fingerprint density at radius 1 is 0.365 bits per heavy atom. The molecule has 12 nitrogen and oxygen atoms in total. The molecule has 0 aromatic heterocycles. The zero-order valence-corrected chi connectivity index (χ0v) is 71.3. The van der Waals surface area contributed by atoms with E-state index < -0.39 is 0 Å². The van der Waals surface area contributed by atoms with Crippen molar-refractivity contribution in [1.82, 2.24) is 0 Å². The summed E-state index contributed by atoms with van der Waals surface area (Å²) in [7, 11) is 0. The van der Waals surface area contributed by atoms with E-state index in [0.717, 1.165) is 61.3 Å². The van der Waals surface area contributed by atoms with E-state index in [9.17, 15) is 28.8 Å². The summed E-state index contributed by atoms with van der Waals surface area (Å²) in [6.45, 7) is 44.2. The Morgan fingerprint density at radius 3 is 0.904 bits per heavy atom. The molecule has 0 bridgehead atoms. The third kappa shape index (κ3) is 44.2. The minimum Gasteiger partial charge on any atom is -0.326 e. The lowest BCUT2D eigenvalue weighted by Crippen LogP contribution is -2.17. The summed E-state index contributed by atoms with van der Waals surface area (Å²) in [5.74, 6) is 4.39. The SMILES string of the molecule is CC(C)CCC(=O)Nc1ccc(C(C)C)cc1Cl.CC(C)c1ccc(NC(=O)CCC(C)(C)C)c(Cl)c1.CC(C)c1ccc(NC(=O)CCC(C)(C)S)cc1.CC(C)c1ccc(NC(=O)CCCS)cc1.CC(S)CCC(=O)Nc1ccc(C(C)C)cc1.CCCC(=O)Nc1ccc(C(C)C)cc1Cl. The number of hydrogen-bond acceptors (Lipinski definition) is 9. The van der Waals surface area contributed by atoms with Crippen molar-refractivity contribution in [3.8, 4) is 0 Å². The third-order valence-corrected chi connectivity index (χ3v) is 18.0. The summed E-state index contributed by atoms with van der Waals surface area (Å²) >= 11 is 31.2. The van der Waals surface area contributed by atoms with Gasteiger partial charge in [-0.1, -0.05) is 235 Å². The number of amides is 6. The summed E-state index contributed by atoms with van der Waals surface area (Å²) in [5, 5.41) is 19.3. The van der Waals surface area contributed by atoms with Crippen LogP contribution in [0.5, 0.6) is 0 Å². The molecule has 0 spiro atoms. The molecule has 0 saturated carbocycles. The molecule has 6 amide bonds. The Morgan fingerprint density at radius 2 is 0.635 bits per heavy atom. The number of benzene rings is 6. The van der Waals surface area contributed by atoms with Crippen molar-refractivity contribution >= 4 is 142 Å². The monoisotopic (exact) mass is 1540 g/mol. The summed E-state index contributed by atoms with van der Waals surface area (Å²) in [5.41, 5.74) is 12.3. The van der Waals surface area contributed by atoms with Crippen molar-refractivity contribution in [3.05, 3.63) is 176 Å². The number of hydrogen-bond donors (Lipinski definition) is 9. The van der Waals surface area contributed by atoms with Crippen LogP contribution in [0, 0.1) is 11.3 Å². The number of thiol groups is 3. The van der Waals surface area contributed by atoms with Gasteiger partial charge in [-0.3, -0.25) is 28.8 Å². The Hall–Kier alpha value is -5.94. The molecule has 0 aliphatic carbocycles. The fourth-order valence-electron chi connectivity index (χ4n) is 9.27. The maximum absolute atomic E-state index is 11.9. The Kier molecular flexibility index (Phi) is 46.7. The van der Waals surface area contributed by atoms with E-state index in [-0.39, 0.29) is 50.9 Å². The first-order chi connectivity index (χ1) is 48.5. The predicted octanol–water partition coefficient (Wildman–Crippen LogP) is 25.8. The fourth-order valence-corrected chi connectivity index (χ4v) is 10.4. The van der Waals surface area contributed by atoms with Crippen LogP contribution in [-0.4, -0.2) is 51.2 Å². The lowest BCUT2D eigenvalue weighted by Gasteiger charge is -2.17. The maximum Gasteiger partial charge on any atom is 0.224 e. The average molecular weight is 1540 g/mol. The summed E-state index contributed by atoms with van der Waals surface area (Å²) < 4.78 is -0.0984. The average Bonchev–Trinajstić information content (AvgIpc) is 0.860. The first-order valence-corrected chi connectivity index (χ1v) is 39.7. The molecule has 0 aliphatic rings. The molecule has 18 heteroatoms. The molecule has 6 aromatic carbocycles. The summed E-state index contributed by atoms with van der Waals surface area (Å²) in [6, 6.07) is 41.5. The number of carbonyl (C=O) groups is 6. The highest BCUT2D eigenvalue weighted by Gasteiger charge is 2.17. The minimum absolute atomic E-state index is 0.0155. The Labute approximate surface area is 659 Å². The van der Waals surface area contributed by atoms with E-state index in [1.807, 2.05) is 119 Å². The van der Waals surface area contributed by atoms with Crippen molar-refractivity contribution in [1.29, 1.82) is 0 Å². The van der Waals surface area contributed by atoms with Gasteiger partial charge in [0.25, 0.3) is 0 Å². The highest BCUT2D eigenvalue weighted by Crippen LogP contribution is 2.31. The van der Waals surface area contributed by atoms with Gasteiger partial charge in [0.1, 0.15) is 0 Å². The molecule has 0 radical (unpaired) electrons. The van der Waals surface area contributed by atoms with Crippen LogP contribution in [0.3, 0.4) is 0 Å². The molecule has 1 unspecified atom stereocenters. The largest absolute Gasteiger partial charge is 0.326 e. The first-order valence-electron chi connectivity index (χ1n) is 37.0. The van der Waals surface area contributed by atoms with E-state index in [1.54, 1.807) is 0 Å². The third-order valence-electron chi connectivity index (χ3n) is 16.2. The molecule has 1 atom stereocenters. The standard InChI is InChI=1S/C16H24ClNO.C15H22ClNO.C15H23NOS.C14H21NOS.C13H18ClNO.C13H19NOS/c1-11(2)12-6-7-14(13(17)10-12)18-15(19)8-9-16(3,4)5;1-10(2)5-8-15(18)17-14-7-6-12(11(3)4)9-13(14)16;1-11(2)12-5-7-13(8-6-12)16-14(17)9-10-15(3,4)18;1-10(2)12-5-7-13(8-6-12)15-14(16)9-4-11(3)17;1-4-5-13(16)15-12-7-6-10(9(2)3)8-11(12)14;1-10(2)11-5-7-12(8-6-11)14-13(15)4-3-9-16/h6-7,10-11H,8-9H2,1-5H3,(H,18,19);6-7,9-11H,5,8H2,1-4H3,(H,17,18);5-8,11,18H,9-10H2,1-4H3,(H,16,17);5-8,10-11,17H,4,9H2,1-3H3,(H,15,16);6-9H,4-5H2,1-3H3,(H,15,16);5-8,10,16H,3-4,9H2,1-2H3,(H,14,15). The molecule has 0 fully saturated rings. The quantitative estimate of drug-likeness (QED) is 0.0221. The minimum atomic E-state index is -0.0984. The molecule has 576 valence electrons. The van der Waals surface area contributed by atoms with Gasteiger partial charge in [0.15, 0.2) is 0 Å². The van der Waals surface area contributed by atoms with Crippen LogP contribution in [0.2, 0.25) is 15.1 Å².